The first-order valence-electron chi connectivity index (χ1n) is 5.08. The Bertz CT molecular complexity index is 532. The average Bonchev–Trinajstić information content (AvgIpc) is 2.27. The molecule has 0 aliphatic heterocycles. The van der Waals surface area contributed by atoms with Gasteiger partial charge in [0.05, 0.1) is 0 Å². The third-order valence-electron chi connectivity index (χ3n) is 2.65. The average molecular weight is 211 g/mol. The summed E-state index contributed by atoms with van der Waals surface area (Å²) in [6.45, 7) is 5.31. The zero-order chi connectivity index (χ0) is 11.7. The fourth-order valence-corrected chi connectivity index (χ4v) is 1.89. The number of fused-ring (bicyclic) bond motifs is 1. The van der Waals surface area contributed by atoms with E-state index in [1.165, 1.54) is 0 Å². The summed E-state index contributed by atoms with van der Waals surface area (Å²) >= 11 is 0. The molecular weight excluding hydrogens is 198 g/mol. The maximum absolute atomic E-state index is 11.5. The molecule has 0 saturated carbocycles. The van der Waals surface area contributed by atoms with Gasteiger partial charge < -0.3 is 5.73 Å². The zero-order valence-corrected chi connectivity index (χ0v) is 9.16. The third kappa shape index (κ3) is 1.58. The Morgan fingerprint density at radius 3 is 2.06 bits per heavy atom. The standard InChI is InChI=1S/C14H13NO/c1-9(15)11-7-8-12(10(2)16)14-6-4-3-5-13(11)14/h3-8H,1,15H2,2H3. The van der Waals surface area contributed by atoms with Crippen molar-refractivity contribution < 1.29 is 4.79 Å². The lowest BCUT2D eigenvalue weighted by Gasteiger charge is -2.08. The highest BCUT2D eigenvalue weighted by atomic mass is 16.1. The SMILES string of the molecule is C=C(N)c1ccc(C(C)=O)c2ccccc12. The number of Topliss-reactive ketones (excluding diaryl/α,β-unsaturated/α-hetero) is 1. The molecule has 80 valence electrons. The van der Waals surface area contributed by atoms with Crippen LogP contribution in [0.4, 0.5) is 0 Å². The highest BCUT2D eigenvalue weighted by Gasteiger charge is 2.08. The van der Waals surface area contributed by atoms with E-state index >= 15 is 0 Å². The summed E-state index contributed by atoms with van der Waals surface area (Å²) in [5.41, 5.74) is 7.86. The number of rotatable bonds is 2. The summed E-state index contributed by atoms with van der Waals surface area (Å²) in [4.78, 5) is 11.5. The first kappa shape index (κ1) is 10.4. The number of nitrogens with two attached hydrogens (primary N) is 1. The quantitative estimate of drug-likeness (QED) is 0.776. The highest BCUT2D eigenvalue weighted by molar-refractivity contribution is 6.09. The fraction of sp³-hybridized carbons (Fsp3) is 0.0714. The van der Waals surface area contributed by atoms with Crippen LogP contribution in [0.5, 0.6) is 0 Å². The van der Waals surface area contributed by atoms with E-state index in [4.69, 9.17) is 5.73 Å². The predicted octanol–water partition coefficient (Wildman–Crippen LogP) is 2.97. The van der Waals surface area contributed by atoms with Crippen LogP contribution >= 0.6 is 0 Å². The molecule has 0 unspecified atom stereocenters. The van der Waals surface area contributed by atoms with Gasteiger partial charge in [-0.3, -0.25) is 4.79 Å². The lowest BCUT2D eigenvalue weighted by molar-refractivity contribution is 0.101. The van der Waals surface area contributed by atoms with Crippen molar-refractivity contribution in [3.8, 4) is 0 Å². The Morgan fingerprint density at radius 1 is 1.06 bits per heavy atom. The van der Waals surface area contributed by atoms with Gasteiger partial charge in [-0.25, -0.2) is 0 Å². The third-order valence-corrected chi connectivity index (χ3v) is 2.65. The number of hydrogen-bond acceptors (Lipinski definition) is 2. The summed E-state index contributed by atoms with van der Waals surface area (Å²) < 4.78 is 0. The minimum Gasteiger partial charge on any atom is -0.399 e. The molecule has 2 N–H and O–H groups in total. The van der Waals surface area contributed by atoms with E-state index in [1.807, 2.05) is 30.3 Å². The van der Waals surface area contributed by atoms with Crippen LogP contribution in [0.15, 0.2) is 43.0 Å². The second-order valence-corrected chi connectivity index (χ2v) is 3.79. The number of carbonyl (C=O) groups excluding carboxylic acids is 1. The van der Waals surface area contributed by atoms with Gasteiger partial charge in [-0.2, -0.15) is 0 Å². The van der Waals surface area contributed by atoms with Crippen LogP contribution in [0.25, 0.3) is 16.5 Å². The number of carbonyl (C=O) groups is 1. The second kappa shape index (κ2) is 3.81. The molecule has 0 aliphatic carbocycles. The van der Waals surface area contributed by atoms with Gasteiger partial charge in [-0.1, -0.05) is 43.0 Å². The van der Waals surface area contributed by atoms with Gasteiger partial charge in [0.15, 0.2) is 5.78 Å². The topological polar surface area (TPSA) is 43.1 Å². The molecule has 2 aromatic carbocycles. The molecule has 0 amide bonds. The Labute approximate surface area is 94.4 Å². The van der Waals surface area contributed by atoms with Gasteiger partial charge in [-0.15, -0.1) is 0 Å². The van der Waals surface area contributed by atoms with Crippen molar-refractivity contribution >= 4 is 22.3 Å². The van der Waals surface area contributed by atoms with Crippen LogP contribution in [0.3, 0.4) is 0 Å². The van der Waals surface area contributed by atoms with E-state index in [-0.39, 0.29) is 5.78 Å². The van der Waals surface area contributed by atoms with E-state index in [1.54, 1.807) is 13.0 Å². The molecule has 0 aromatic heterocycles. The van der Waals surface area contributed by atoms with E-state index in [0.29, 0.717) is 5.70 Å². The largest absolute Gasteiger partial charge is 0.399 e. The summed E-state index contributed by atoms with van der Waals surface area (Å²) in [6.07, 6.45) is 0. The molecule has 2 rings (SSSR count). The minimum absolute atomic E-state index is 0.0605. The monoisotopic (exact) mass is 211 g/mol. The molecule has 0 radical (unpaired) electrons. The lowest BCUT2D eigenvalue weighted by Crippen LogP contribution is -1.99. The van der Waals surface area contributed by atoms with Crippen LogP contribution < -0.4 is 5.73 Å². The van der Waals surface area contributed by atoms with Crippen LogP contribution in [-0.4, -0.2) is 5.78 Å². The first-order chi connectivity index (χ1) is 7.61. The lowest BCUT2D eigenvalue weighted by atomic mass is 9.96. The molecular formula is C14H13NO. The molecule has 2 heteroatoms. The Balaban J connectivity index is 2.87. The van der Waals surface area contributed by atoms with Crippen molar-refractivity contribution in [3.63, 3.8) is 0 Å². The van der Waals surface area contributed by atoms with Gasteiger partial charge in [-0.05, 0) is 17.7 Å². The predicted molar refractivity (Wildman–Crippen MR) is 67.2 cm³/mol. The summed E-state index contributed by atoms with van der Waals surface area (Å²) in [5.74, 6) is 0.0605. The fourth-order valence-electron chi connectivity index (χ4n) is 1.89. The molecule has 0 atom stereocenters. The summed E-state index contributed by atoms with van der Waals surface area (Å²) in [6, 6.07) is 11.4. The molecule has 2 aromatic rings. The van der Waals surface area contributed by atoms with Crippen LogP contribution in [0.2, 0.25) is 0 Å². The van der Waals surface area contributed by atoms with Crippen molar-refractivity contribution in [1.82, 2.24) is 0 Å². The second-order valence-electron chi connectivity index (χ2n) is 3.79. The minimum atomic E-state index is 0.0605. The Morgan fingerprint density at radius 2 is 1.56 bits per heavy atom. The molecule has 16 heavy (non-hydrogen) atoms. The Kier molecular flexibility index (Phi) is 2.49. The van der Waals surface area contributed by atoms with E-state index < -0.39 is 0 Å². The van der Waals surface area contributed by atoms with Crippen molar-refractivity contribution in [3.05, 3.63) is 54.1 Å². The Hall–Kier alpha value is -2.09. The molecule has 0 heterocycles. The van der Waals surface area contributed by atoms with Crippen LogP contribution in [-0.2, 0) is 0 Å². The van der Waals surface area contributed by atoms with Crippen molar-refractivity contribution in [2.45, 2.75) is 6.92 Å². The number of hydrogen-bond donors (Lipinski definition) is 1. The van der Waals surface area contributed by atoms with Gasteiger partial charge in [0.25, 0.3) is 0 Å². The van der Waals surface area contributed by atoms with Gasteiger partial charge in [0.2, 0.25) is 0 Å². The molecule has 2 nitrogen and oxygen atoms in total. The van der Waals surface area contributed by atoms with Gasteiger partial charge >= 0.3 is 0 Å². The number of benzene rings is 2. The summed E-state index contributed by atoms with van der Waals surface area (Å²) in [5, 5.41) is 1.90. The number of ketones is 1. The van der Waals surface area contributed by atoms with E-state index in [2.05, 4.69) is 6.58 Å². The first-order valence-corrected chi connectivity index (χ1v) is 5.08. The van der Waals surface area contributed by atoms with Crippen molar-refractivity contribution in [2.24, 2.45) is 5.73 Å². The smallest absolute Gasteiger partial charge is 0.160 e. The van der Waals surface area contributed by atoms with E-state index in [9.17, 15) is 4.79 Å². The van der Waals surface area contributed by atoms with Crippen molar-refractivity contribution in [2.75, 3.05) is 0 Å². The van der Waals surface area contributed by atoms with E-state index in [0.717, 1.165) is 21.9 Å². The highest BCUT2D eigenvalue weighted by Crippen LogP contribution is 2.25. The van der Waals surface area contributed by atoms with Gasteiger partial charge in [0.1, 0.15) is 0 Å². The summed E-state index contributed by atoms with van der Waals surface area (Å²) in [7, 11) is 0. The molecule has 0 bridgehead atoms. The maximum Gasteiger partial charge on any atom is 0.160 e. The molecule has 0 saturated heterocycles. The maximum atomic E-state index is 11.5. The molecule has 0 aliphatic rings. The zero-order valence-electron chi connectivity index (χ0n) is 9.16. The van der Waals surface area contributed by atoms with Crippen LogP contribution in [0.1, 0.15) is 22.8 Å². The van der Waals surface area contributed by atoms with Crippen LogP contribution in [0, 0.1) is 0 Å². The molecule has 0 fully saturated rings. The normalized spacial score (nSPS) is 10.3. The van der Waals surface area contributed by atoms with Crippen molar-refractivity contribution in [1.29, 1.82) is 0 Å². The van der Waals surface area contributed by atoms with Gasteiger partial charge in [0, 0.05) is 16.8 Å². The molecule has 0 spiro atoms.